The zero-order valence-corrected chi connectivity index (χ0v) is 8.56. The molecule has 4 nitrogen and oxygen atoms in total. The summed E-state index contributed by atoms with van der Waals surface area (Å²) < 4.78 is 9.87. The molecule has 1 aromatic rings. The fourth-order valence-corrected chi connectivity index (χ4v) is 0.930. The summed E-state index contributed by atoms with van der Waals surface area (Å²) in [4.78, 5) is 11.4. The van der Waals surface area contributed by atoms with Crippen LogP contribution in [-0.4, -0.2) is 12.1 Å². The van der Waals surface area contributed by atoms with Gasteiger partial charge in [0.15, 0.2) is 0 Å². The topological polar surface area (TPSA) is 63.2 Å². The number of rotatable bonds is 3. The maximum atomic E-state index is 11.4. The Balaban J connectivity index is 2.81. The summed E-state index contributed by atoms with van der Waals surface area (Å²) in [6.07, 6.45) is 2.57. The van der Waals surface area contributed by atoms with Crippen LogP contribution in [0, 0.1) is 11.3 Å². The number of carbonyl (C=O) groups excluding carboxylic acids is 1. The van der Waals surface area contributed by atoms with Gasteiger partial charge in [-0.2, -0.15) is 5.26 Å². The van der Waals surface area contributed by atoms with Gasteiger partial charge in [-0.25, -0.2) is 4.79 Å². The Hall–Kier alpha value is -2.02. The van der Waals surface area contributed by atoms with E-state index in [0.717, 1.165) is 0 Å². The van der Waals surface area contributed by atoms with Gasteiger partial charge in [0, 0.05) is 6.08 Å². The Morgan fingerprint density at radius 1 is 1.67 bits per heavy atom. The van der Waals surface area contributed by atoms with E-state index in [1.54, 1.807) is 32.0 Å². The van der Waals surface area contributed by atoms with Crippen molar-refractivity contribution in [2.45, 2.75) is 20.0 Å². The average Bonchev–Trinajstić information content (AvgIpc) is 2.65. The third-order valence-electron chi connectivity index (χ3n) is 1.51. The van der Waals surface area contributed by atoms with Crippen LogP contribution in [0.5, 0.6) is 0 Å². The average molecular weight is 205 g/mol. The zero-order chi connectivity index (χ0) is 11.3. The van der Waals surface area contributed by atoms with Crippen LogP contribution in [0.25, 0.3) is 6.08 Å². The summed E-state index contributed by atoms with van der Waals surface area (Å²) in [6.45, 7) is 3.44. The van der Waals surface area contributed by atoms with Crippen molar-refractivity contribution in [3.05, 3.63) is 29.7 Å². The first-order valence-electron chi connectivity index (χ1n) is 4.49. The van der Waals surface area contributed by atoms with E-state index in [0.29, 0.717) is 5.76 Å². The van der Waals surface area contributed by atoms with Gasteiger partial charge in [0.25, 0.3) is 0 Å². The van der Waals surface area contributed by atoms with E-state index in [4.69, 9.17) is 14.4 Å². The molecule has 0 aliphatic heterocycles. The molecule has 15 heavy (non-hydrogen) atoms. The van der Waals surface area contributed by atoms with Crippen molar-refractivity contribution >= 4 is 12.0 Å². The highest BCUT2D eigenvalue weighted by Gasteiger charge is 2.12. The fourth-order valence-electron chi connectivity index (χ4n) is 0.930. The van der Waals surface area contributed by atoms with Crippen LogP contribution in [0.4, 0.5) is 0 Å². The van der Waals surface area contributed by atoms with Gasteiger partial charge in [-0.05, 0) is 26.0 Å². The summed E-state index contributed by atoms with van der Waals surface area (Å²) in [6, 6.07) is 5.10. The van der Waals surface area contributed by atoms with Crippen molar-refractivity contribution in [3.63, 3.8) is 0 Å². The van der Waals surface area contributed by atoms with E-state index in [2.05, 4.69) is 0 Å². The number of carbonyl (C=O) groups is 1. The Bertz CT molecular complexity index is 396. The van der Waals surface area contributed by atoms with E-state index in [-0.39, 0.29) is 11.7 Å². The van der Waals surface area contributed by atoms with Gasteiger partial charge in [0.05, 0.1) is 12.4 Å². The second-order valence-corrected chi connectivity index (χ2v) is 3.14. The fraction of sp³-hybridized carbons (Fsp3) is 0.273. The third-order valence-corrected chi connectivity index (χ3v) is 1.51. The molecule has 78 valence electrons. The molecule has 4 heteroatoms. The zero-order valence-electron chi connectivity index (χ0n) is 8.56. The highest BCUT2D eigenvalue weighted by atomic mass is 16.5. The maximum Gasteiger partial charge on any atom is 0.349 e. The number of hydrogen-bond acceptors (Lipinski definition) is 4. The second-order valence-electron chi connectivity index (χ2n) is 3.14. The molecule has 0 N–H and O–H groups in total. The van der Waals surface area contributed by atoms with E-state index in [1.165, 1.54) is 12.3 Å². The van der Waals surface area contributed by atoms with Crippen molar-refractivity contribution in [1.82, 2.24) is 0 Å². The van der Waals surface area contributed by atoms with Crippen LogP contribution in [0.2, 0.25) is 0 Å². The minimum absolute atomic E-state index is 0.0707. The second kappa shape index (κ2) is 5.01. The van der Waals surface area contributed by atoms with Crippen molar-refractivity contribution in [3.8, 4) is 6.07 Å². The number of nitriles is 1. The summed E-state index contributed by atoms with van der Waals surface area (Å²) in [5.41, 5.74) is -0.0707. The molecule has 0 aliphatic rings. The van der Waals surface area contributed by atoms with Crippen molar-refractivity contribution in [1.29, 1.82) is 5.26 Å². The normalized spacial score (nSPS) is 11.2. The highest BCUT2D eigenvalue weighted by molar-refractivity contribution is 5.97. The third kappa shape index (κ3) is 3.31. The summed E-state index contributed by atoms with van der Waals surface area (Å²) >= 11 is 0. The van der Waals surface area contributed by atoms with E-state index in [9.17, 15) is 4.79 Å². The molecule has 1 heterocycles. The first-order chi connectivity index (χ1) is 7.13. The van der Waals surface area contributed by atoms with Crippen molar-refractivity contribution < 1.29 is 13.9 Å². The van der Waals surface area contributed by atoms with Crippen LogP contribution < -0.4 is 0 Å². The molecular formula is C11H11NO3. The predicted octanol–water partition coefficient (Wildman–Crippen LogP) is 2.14. The number of nitrogens with zero attached hydrogens (tertiary/aromatic N) is 1. The standard InChI is InChI=1S/C11H11NO3/c1-8(2)15-11(13)9(7-12)6-10-4-3-5-14-10/h3-6,8H,1-2H3. The Kier molecular flexibility index (Phi) is 3.69. The van der Waals surface area contributed by atoms with Gasteiger partial charge >= 0.3 is 5.97 Å². The van der Waals surface area contributed by atoms with Gasteiger partial charge in [0.1, 0.15) is 17.4 Å². The molecule has 0 saturated heterocycles. The SMILES string of the molecule is CC(C)OC(=O)C(C#N)=Cc1ccco1. The molecule has 0 aliphatic carbocycles. The van der Waals surface area contributed by atoms with Crippen LogP contribution in [0.1, 0.15) is 19.6 Å². The Morgan fingerprint density at radius 2 is 2.40 bits per heavy atom. The summed E-state index contributed by atoms with van der Waals surface area (Å²) in [7, 11) is 0. The van der Waals surface area contributed by atoms with Gasteiger partial charge in [-0.3, -0.25) is 0 Å². The van der Waals surface area contributed by atoms with Gasteiger partial charge in [-0.15, -0.1) is 0 Å². The molecule has 0 bridgehead atoms. The van der Waals surface area contributed by atoms with Gasteiger partial charge < -0.3 is 9.15 Å². The van der Waals surface area contributed by atoms with Crippen LogP contribution in [0.15, 0.2) is 28.4 Å². The molecule has 0 saturated carbocycles. The molecule has 1 rings (SSSR count). The molecule has 0 amide bonds. The number of furan rings is 1. The van der Waals surface area contributed by atoms with E-state index in [1.807, 2.05) is 0 Å². The van der Waals surface area contributed by atoms with Gasteiger partial charge in [0.2, 0.25) is 0 Å². The van der Waals surface area contributed by atoms with Crippen LogP contribution in [-0.2, 0) is 9.53 Å². The molecular weight excluding hydrogens is 194 g/mol. The lowest BCUT2D eigenvalue weighted by atomic mass is 10.2. The first kappa shape index (κ1) is 11.1. The largest absolute Gasteiger partial charge is 0.465 e. The quantitative estimate of drug-likeness (QED) is 0.431. The lowest BCUT2D eigenvalue weighted by Gasteiger charge is -2.05. The van der Waals surface area contributed by atoms with Gasteiger partial charge in [-0.1, -0.05) is 0 Å². The number of ether oxygens (including phenoxy) is 1. The lowest BCUT2D eigenvalue weighted by molar-refractivity contribution is -0.142. The first-order valence-corrected chi connectivity index (χ1v) is 4.49. The minimum atomic E-state index is -0.635. The van der Waals surface area contributed by atoms with E-state index < -0.39 is 5.97 Å². The molecule has 0 radical (unpaired) electrons. The molecule has 1 aromatic heterocycles. The molecule has 0 unspecified atom stereocenters. The molecule has 0 spiro atoms. The smallest absolute Gasteiger partial charge is 0.349 e. The highest BCUT2D eigenvalue weighted by Crippen LogP contribution is 2.09. The number of esters is 1. The molecule has 0 aromatic carbocycles. The monoisotopic (exact) mass is 205 g/mol. The molecule has 0 atom stereocenters. The Labute approximate surface area is 87.8 Å². The minimum Gasteiger partial charge on any atom is -0.465 e. The predicted molar refractivity (Wildman–Crippen MR) is 53.5 cm³/mol. The van der Waals surface area contributed by atoms with Crippen LogP contribution >= 0.6 is 0 Å². The molecule has 0 fully saturated rings. The summed E-state index contributed by atoms with van der Waals surface area (Å²) in [5, 5.41) is 8.75. The van der Waals surface area contributed by atoms with Crippen LogP contribution in [0.3, 0.4) is 0 Å². The van der Waals surface area contributed by atoms with Crippen molar-refractivity contribution in [2.24, 2.45) is 0 Å². The maximum absolute atomic E-state index is 11.4. The van der Waals surface area contributed by atoms with Crippen molar-refractivity contribution in [2.75, 3.05) is 0 Å². The number of hydrogen-bond donors (Lipinski definition) is 0. The lowest BCUT2D eigenvalue weighted by Crippen LogP contribution is -2.12. The van der Waals surface area contributed by atoms with E-state index >= 15 is 0 Å². The summed E-state index contributed by atoms with van der Waals surface area (Å²) in [5.74, 6) is -0.184. The Morgan fingerprint density at radius 3 is 2.87 bits per heavy atom.